The molecule has 4 aromatic rings. The van der Waals surface area contributed by atoms with Crippen LogP contribution in [0.4, 0.5) is 5.69 Å². The minimum atomic E-state index is -4.25. The van der Waals surface area contributed by atoms with E-state index in [-0.39, 0.29) is 29.3 Å². The molecule has 0 fully saturated rings. The smallest absolute Gasteiger partial charge is 0.264 e. The first kappa shape index (κ1) is 31.9. The molecule has 0 aliphatic rings. The number of methoxy groups -OCH3 is 1. The predicted molar refractivity (Wildman–Crippen MR) is 169 cm³/mol. The zero-order chi connectivity index (χ0) is 31.0. The molecular weight excluding hydrogens is 609 g/mol. The minimum Gasteiger partial charge on any atom is -0.495 e. The van der Waals surface area contributed by atoms with E-state index in [1.54, 1.807) is 60.7 Å². The summed E-state index contributed by atoms with van der Waals surface area (Å²) in [5.41, 5.74) is 1.52. The lowest BCUT2D eigenvalue weighted by Crippen LogP contribution is -2.53. The molecule has 0 aromatic heterocycles. The van der Waals surface area contributed by atoms with E-state index in [1.165, 1.54) is 31.2 Å². The Labute approximate surface area is 261 Å². The van der Waals surface area contributed by atoms with Gasteiger partial charge in [-0.15, -0.1) is 0 Å². The lowest BCUT2D eigenvalue weighted by Gasteiger charge is -2.34. The number of para-hydroxylation sites is 2. The van der Waals surface area contributed by atoms with E-state index in [1.807, 2.05) is 30.3 Å². The van der Waals surface area contributed by atoms with Gasteiger partial charge >= 0.3 is 0 Å². The highest BCUT2D eigenvalue weighted by Crippen LogP contribution is 2.33. The molecule has 4 aromatic carbocycles. The number of carbonyl (C=O) groups is 2. The van der Waals surface area contributed by atoms with Gasteiger partial charge in [0, 0.05) is 30.1 Å². The van der Waals surface area contributed by atoms with E-state index in [2.05, 4.69) is 5.32 Å². The van der Waals surface area contributed by atoms with Crippen molar-refractivity contribution in [2.75, 3.05) is 25.0 Å². The number of hydrogen-bond acceptors (Lipinski definition) is 5. The molecule has 0 aliphatic heterocycles. The monoisotopic (exact) mass is 639 g/mol. The van der Waals surface area contributed by atoms with Gasteiger partial charge in [0.05, 0.1) is 17.7 Å². The quantitative estimate of drug-likeness (QED) is 0.218. The number of hydrogen-bond donors (Lipinski definition) is 1. The fourth-order valence-electron chi connectivity index (χ4n) is 4.62. The molecule has 43 heavy (non-hydrogen) atoms. The Kier molecular flexibility index (Phi) is 10.7. The normalized spacial score (nSPS) is 11.8. The van der Waals surface area contributed by atoms with E-state index < -0.39 is 34.4 Å². The summed E-state index contributed by atoms with van der Waals surface area (Å²) in [5.74, 6) is -0.785. The van der Waals surface area contributed by atoms with Crippen LogP contribution in [-0.2, 0) is 32.6 Å². The van der Waals surface area contributed by atoms with Crippen LogP contribution >= 0.6 is 23.2 Å². The van der Waals surface area contributed by atoms with Crippen molar-refractivity contribution in [1.29, 1.82) is 0 Å². The Morgan fingerprint density at radius 1 is 0.884 bits per heavy atom. The number of anilines is 1. The summed E-state index contributed by atoms with van der Waals surface area (Å²) < 4.78 is 34.6. The maximum atomic E-state index is 14.4. The first-order valence-corrected chi connectivity index (χ1v) is 15.5. The average molecular weight is 641 g/mol. The number of carbonyl (C=O) groups excluding carboxylic acids is 2. The first-order chi connectivity index (χ1) is 20.6. The largest absolute Gasteiger partial charge is 0.495 e. The molecule has 0 spiro atoms. The van der Waals surface area contributed by atoms with E-state index >= 15 is 0 Å². The molecule has 0 heterocycles. The zero-order valence-corrected chi connectivity index (χ0v) is 25.9. The lowest BCUT2D eigenvalue weighted by molar-refractivity contribution is -0.139. The molecule has 0 saturated heterocycles. The van der Waals surface area contributed by atoms with Crippen molar-refractivity contribution >= 4 is 50.7 Å². The summed E-state index contributed by atoms with van der Waals surface area (Å²) in [6.45, 7) is -0.698. The van der Waals surface area contributed by atoms with E-state index in [0.29, 0.717) is 15.6 Å². The number of amides is 2. The Morgan fingerprint density at radius 3 is 2.14 bits per heavy atom. The number of sulfonamides is 1. The Morgan fingerprint density at radius 2 is 1.51 bits per heavy atom. The van der Waals surface area contributed by atoms with E-state index in [4.69, 9.17) is 27.9 Å². The van der Waals surface area contributed by atoms with Gasteiger partial charge in [-0.25, -0.2) is 8.42 Å². The van der Waals surface area contributed by atoms with Gasteiger partial charge in [-0.3, -0.25) is 13.9 Å². The van der Waals surface area contributed by atoms with Crippen LogP contribution in [0.5, 0.6) is 5.75 Å². The van der Waals surface area contributed by atoms with Gasteiger partial charge in [0.25, 0.3) is 10.0 Å². The summed E-state index contributed by atoms with van der Waals surface area (Å²) in [7, 11) is -1.34. The summed E-state index contributed by atoms with van der Waals surface area (Å²) in [4.78, 5) is 29.1. The molecule has 1 atom stereocenters. The Bertz CT molecular complexity index is 1670. The number of halogens is 2. The predicted octanol–water partition coefficient (Wildman–Crippen LogP) is 5.58. The highest BCUT2D eigenvalue weighted by Gasteiger charge is 2.35. The van der Waals surface area contributed by atoms with Crippen LogP contribution in [0.3, 0.4) is 0 Å². The van der Waals surface area contributed by atoms with Gasteiger partial charge < -0.3 is 15.0 Å². The number of nitrogens with zero attached hydrogens (tertiary/aromatic N) is 2. The second-order valence-corrected chi connectivity index (χ2v) is 12.3. The maximum absolute atomic E-state index is 14.4. The third-order valence-corrected chi connectivity index (χ3v) is 9.20. The first-order valence-electron chi connectivity index (χ1n) is 13.4. The van der Waals surface area contributed by atoms with Gasteiger partial charge in [-0.05, 0) is 47.5 Å². The maximum Gasteiger partial charge on any atom is 0.264 e. The molecule has 0 aliphatic carbocycles. The van der Waals surface area contributed by atoms with Gasteiger partial charge in [0.15, 0.2) is 0 Å². The Hall–Kier alpha value is -4.05. The van der Waals surface area contributed by atoms with Crippen LogP contribution in [0.15, 0.2) is 108 Å². The number of likely N-dealkylation sites (N-methyl/N-ethyl adjacent to an activating group) is 1. The third kappa shape index (κ3) is 7.67. The minimum absolute atomic E-state index is 0.00635. The van der Waals surface area contributed by atoms with E-state index in [0.717, 1.165) is 9.87 Å². The SMILES string of the molecule is CNC(=O)[C@H](Cc1ccccc1)N(Cc1ccc(Cl)cc1Cl)C(=O)CN(c1ccccc1OC)S(=O)(=O)c1ccccc1. The van der Waals surface area contributed by atoms with Crippen molar-refractivity contribution in [1.82, 2.24) is 10.2 Å². The Balaban J connectivity index is 1.83. The van der Waals surface area contributed by atoms with Crippen LogP contribution in [-0.4, -0.2) is 51.9 Å². The summed E-state index contributed by atoms with van der Waals surface area (Å²) in [6, 6.07) is 27.5. The van der Waals surface area contributed by atoms with Gasteiger partial charge in [0.1, 0.15) is 18.3 Å². The number of nitrogens with one attached hydrogen (secondary N) is 1. The summed E-state index contributed by atoms with van der Waals surface area (Å²) in [6.07, 6.45) is 0.178. The van der Waals surface area contributed by atoms with Crippen LogP contribution in [0.1, 0.15) is 11.1 Å². The number of rotatable bonds is 12. The molecule has 8 nitrogen and oxygen atoms in total. The second-order valence-electron chi connectivity index (χ2n) is 9.57. The van der Waals surface area contributed by atoms with Gasteiger partial charge in [0.2, 0.25) is 11.8 Å². The topological polar surface area (TPSA) is 96.0 Å². The molecule has 2 amide bonds. The number of benzene rings is 4. The molecule has 0 radical (unpaired) electrons. The summed E-state index contributed by atoms with van der Waals surface area (Å²) in [5, 5.41) is 3.37. The second kappa shape index (κ2) is 14.4. The van der Waals surface area contributed by atoms with Crippen molar-refractivity contribution < 1.29 is 22.7 Å². The average Bonchev–Trinajstić information content (AvgIpc) is 3.02. The molecule has 11 heteroatoms. The molecule has 0 unspecified atom stereocenters. The third-order valence-electron chi connectivity index (χ3n) is 6.84. The van der Waals surface area contributed by atoms with E-state index in [9.17, 15) is 18.0 Å². The number of ether oxygens (including phenoxy) is 1. The standard InChI is InChI=1S/C32H31Cl2N3O5S/c1-35-32(39)29(19-23-11-5-3-6-12-23)36(21-24-17-18-25(33)20-27(24)34)31(38)22-37(28-15-9-10-16-30(28)42-2)43(40,41)26-13-7-4-8-14-26/h3-18,20,29H,19,21-22H2,1-2H3,(H,35,39)/t29-/m0/s1. The fourth-order valence-corrected chi connectivity index (χ4v) is 6.54. The zero-order valence-electron chi connectivity index (χ0n) is 23.6. The molecular formula is C32H31Cl2N3O5S. The molecule has 0 bridgehead atoms. The van der Waals surface area contributed by atoms with Crippen LogP contribution in [0.25, 0.3) is 0 Å². The molecule has 224 valence electrons. The van der Waals surface area contributed by atoms with Crippen molar-refractivity contribution in [2.45, 2.75) is 23.9 Å². The summed E-state index contributed by atoms with van der Waals surface area (Å²) >= 11 is 12.6. The van der Waals surface area contributed by atoms with Gasteiger partial charge in [-0.1, -0.05) is 89.9 Å². The van der Waals surface area contributed by atoms with Gasteiger partial charge in [-0.2, -0.15) is 0 Å². The highest BCUT2D eigenvalue weighted by molar-refractivity contribution is 7.92. The fraction of sp³-hybridized carbons (Fsp3) is 0.188. The van der Waals surface area contributed by atoms with Crippen LogP contribution in [0.2, 0.25) is 10.0 Å². The highest BCUT2D eigenvalue weighted by atomic mass is 35.5. The van der Waals surface area contributed by atoms with Crippen molar-refractivity contribution in [3.63, 3.8) is 0 Å². The molecule has 0 saturated carbocycles. The van der Waals surface area contributed by atoms with Crippen LogP contribution < -0.4 is 14.4 Å². The lowest BCUT2D eigenvalue weighted by atomic mass is 10.0. The van der Waals surface area contributed by atoms with Crippen LogP contribution in [0, 0.1) is 0 Å². The molecule has 4 rings (SSSR count). The van der Waals surface area contributed by atoms with Crippen molar-refractivity contribution in [3.05, 3.63) is 124 Å². The van der Waals surface area contributed by atoms with Crippen molar-refractivity contribution in [3.8, 4) is 5.75 Å². The molecule has 1 N–H and O–H groups in total. The van der Waals surface area contributed by atoms with Crippen molar-refractivity contribution in [2.24, 2.45) is 0 Å².